The van der Waals surface area contributed by atoms with Crippen LogP contribution in [0.4, 0.5) is 0 Å². The van der Waals surface area contributed by atoms with Crippen LogP contribution in [0.15, 0.2) is 0 Å². The van der Waals surface area contributed by atoms with Gasteiger partial charge in [0.15, 0.2) is 0 Å². The fourth-order valence-corrected chi connectivity index (χ4v) is 2.50. The second-order valence-corrected chi connectivity index (χ2v) is 5.36. The Kier molecular flexibility index (Phi) is 3.50. The highest BCUT2D eigenvalue weighted by atomic mass is 16.3. The average molecular weight is 226 g/mol. The Bertz CT molecular complexity index is 258. The van der Waals surface area contributed by atoms with Crippen LogP contribution in [-0.2, 0) is 4.79 Å². The first-order valence-electron chi connectivity index (χ1n) is 6.31. The summed E-state index contributed by atoms with van der Waals surface area (Å²) in [7, 11) is 0. The summed E-state index contributed by atoms with van der Waals surface area (Å²) >= 11 is 0. The number of nitrogens with one attached hydrogen (secondary N) is 2. The molecule has 1 saturated carbocycles. The Morgan fingerprint density at radius 3 is 2.62 bits per heavy atom. The molecule has 0 aromatic carbocycles. The Labute approximate surface area is 96.8 Å². The molecule has 1 saturated heterocycles. The van der Waals surface area contributed by atoms with E-state index >= 15 is 0 Å². The molecule has 4 heteroatoms. The predicted molar refractivity (Wildman–Crippen MR) is 62.0 cm³/mol. The smallest absolute Gasteiger partial charge is 0.223 e. The SMILES string of the molecule is CC(C(=O)NCC1(O)CCCC1)C1CNC1. The molecule has 0 aromatic heterocycles. The number of hydrogen-bond donors (Lipinski definition) is 3. The van der Waals surface area contributed by atoms with Crippen LogP contribution in [0.25, 0.3) is 0 Å². The summed E-state index contributed by atoms with van der Waals surface area (Å²) in [5, 5.41) is 16.2. The average Bonchev–Trinajstić information content (AvgIpc) is 2.59. The molecule has 1 aliphatic carbocycles. The molecular weight excluding hydrogens is 204 g/mol. The first kappa shape index (κ1) is 11.9. The van der Waals surface area contributed by atoms with Gasteiger partial charge >= 0.3 is 0 Å². The van der Waals surface area contributed by atoms with Crippen molar-refractivity contribution in [2.75, 3.05) is 19.6 Å². The highest BCUT2D eigenvalue weighted by Crippen LogP contribution is 2.28. The molecule has 4 nitrogen and oxygen atoms in total. The molecule has 1 amide bonds. The topological polar surface area (TPSA) is 61.4 Å². The van der Waals surface area contributed by atoms with Gasteiger partial charge in [0.1, 0.15) is 0 Å². The van der Waals surface area contributed by atoms with Crippen LogP contribution in [0.2, 0.25) is 0 Å². The largest absolute Gasteiger partial charge is 0.388 e. The third kappa shape index (κ3) is 2.55. The normalized spacial score (nSPS) is 26.1. The van der Waals surface area contributed by atoms with Gasteiger partial charge in [-0.05, 0) is 31.8 Å². The fraction of sp³-hybridized carbons (Fsp3) is 0.917. The van der Waals surface area contributed by atoms with Crippen molar-refractivity contribution in [3.05, 3.63) is 0 Å². The first-order chi connectivity index (χ1) is 7.61. The zero-order chi connectivity index (χ0) is 11.6. The summed E-state index contributed by atoms with van der Waals surface area (Å²) < 4.78 is 0. The highest BCUT2D eigenvalue weighted by molar-refractivity contribution is 5.78. The van der Waals surface area contributed by atoms with Crippen LogP contribution < -0.4 is 10.6 Å². The van der Waals surface area contributed by atoms with Crippen molar-refractivity contribution in [1.82, 2.24) is 10.6 Å². The molecular formula is C12H22N2O2. The monoisotopic (exact) mass is 226 g/mol. The highest BCUT2D eigenvalue weighted by Gasteiger charge is 2.33. The lowest BCUT2D eigenvalue weighted by atomic mass is 9.88. The van der Waals surface area contributed by atoms with E-state index in [0.29, 0.717) is 12.5 Å². The van der Waals surface area contributed by atoms with E-state index < -0.39 is 5.60 Å². The lowest BCUT2D eigenvalue weighted by Crippen LogP contribution is -2.51. The lowest BCUT2D eigenvalue weighted by Gasteiger charge is -2.32. The second kappa shape index (κ2) is 4.72. The Morgan fingerprint density at radius 2 is 2.12 bits per heavy atom. The minimum atomic E-state index is -0.632. The summed E-state index contributed by atoms with van der Waals surface area (Å²) in [5.41, 5.74) is -0.632. The van der Waals surface area contributed by atoms with E-state index in [4.69, 9.17) is 0 Å². The fourth-order valence-electron chi connectivity index (χ4n) is 2.50. The third-order valence-electron chi connectivity index (χ3n) is 4.06. The van der Waals surface area contributed by atoms with Crippen molar-refractivity contribution in [3.8, 4) is 0 Å². The van der Waals surface area contributed by atoms with Gasteiger partial charge in [-0.15, -0.1) is 0 Å². The maximum Gasteiger partial charge on any atom is 0.223 e. The zero-order valence-corrected chi connectivity index (χ0v) is 9.96. The maximum absolute atomic E-state index is 11.8. The molecule has 0 aromatic rings. The number of hydrogen-bond acceptors (Lipinski definition) is 3. The summed E-state index contributed by atoms with van der Waals surface area (Å²) in [6, 6.07) is 0. The standard InChI is InChI=1S/C12H22N2O2/c1-9(10-6-13-7-10)11(15)14-8-12(16)4-2-3-5-12/h9-10,13,16H,2-8H2,1H3,(H,14,15). The lowest BCUT2D eigenvalue weighted by molar-refractivity contribution is -0.127. The molecule has 2 fully saturated rings. The van der Waals surface area contributed by atoms with Crippen molar-refractivity contribution in [1.29, 1.82) is 0 Å². The van der Waals surface area contributed by atoms with Gasteiger partial charge in [0, 0.05) is 12.5 Å². The summed E-state index contributed by atoms with van der Waals surface area (Å²) in [6.07, 6.45) is 3.81. The molecule has 2 aliphatic rings. The molecule has 3 N–H and O–H groups in total. The van der Waals surface area contributed by atoms with Crippen molar-refractivity contribution in [2.24, 2.45) is 11.8 Å². The van der Waals surface area contributed by atoms with E-state index in [0.717, 1.165) is 38.8 Å². The number of carbonyl (C=O) groups is 1. The second-order valence-electron chi connectivity index (χ2n) is 5.36. The van der Waals surface area contributed by atoms with Gasteiger partial charge in [-0.2, -0.15) is 0 Å². The van der Waals surface area contributed by atoms with Crippen molar-refractivity contribution in [2.45, 2.75) is 38.2 Å². The quantitative estimate of drug-likeness (QED) is 0.644. The van der Waals surface area contributed by atoms with Crippen molar-refractivity contribution < 1.29 is 9.90 Å². The van der Waals surface area contributed by atoms with Crippen LogP contribution in [-0.4, -0.2) is 36.2 Å². The molecule has 92 valence electrons. The van der Waals surface area contributed by atoms with E-state index in [1.807, 2.05) is 6.92 Å². The number of rotatable bonds is 4. The van der Waals surface area contributed by atoms with Gasteiger partial charge in [-0.25, -0.2) is 0 Å². The molecule has 1 heterocycles. The Morgan fingerprint density at radius 1 is 1.50 bits per heavy atom. The summed E-state index contributed by atoms with van der Waals surface area (Å²) in [6.45, 7) is 4.29. The molecule has 16 heavy (non-hydrogen) atoms. The van der Waals surface area contributed by atoms with Crippen molar-refractivity contribution >= 4 is 5.91 Å². The predicted octanol–water partition coefficient (Wildman–Crippen LogP) is 0.263. The molecule has 0 radical (unpaired) electrons. The van der Waals surface area contributed by atoms with Crippen LogP contribution in [0.5, 0.6) is 0 Å². The van der Waals surface area contributed by atoms with E-state index in [-0.39, 0.29) is 11.8 Å². The van der Waals surface area contributed by atoms with Gasteiger partial charge in [-0.1, -0.05) is 19.8 Å². The number of amides is 1. The minimum Gasteiger partial charge on any atom is -0.388 e. The van der Waals surface area contributed by atoms with Gasteiger partial charge in [0.2, 0.25) is 5.91 Å². The maximum atomic E-state index is 11.8. The van der Waals surface area contributed by atoms with Crippen LogP contribution in [0.3, 0.4) is 0 Å². The summed E-state index contributed by atoms with van der Waals surface area (Å²) in [4.78, 5) is 11.8. The van der Waals surface area contributed by atoms with E-state index in [2.05, 4.69) is 10.6 Å². The van der Waals surface area contributed by atoms with Crippen LogP contribution in [0, 0.1) is 11.8 Å². The van der Waals surface area contributed by atoms with Gasteiger partial charge < -0.3 is 15.7 Å². The molecule has 1 unspecified atom stereocenters. The van der Waals surface area contributed by atoms with E-state index in [9.17, 15) is 9.90 Å². The minimum absolute atomic E-state index is 0.0613. The van der Waals surface area contributed by atoms with Gasteiger partial charge in [-0.3, -0.25) is 4.79 Å². The van der Waals surface area contributed by atoms with E-state index in [1.54, 1.807) is 0 Å². The zero-order valence-electron chi connectivity index (χ0n) is 9.96. The Balaban J connectivity index is 1.74. The molecule has 0 bridgehead atoms. The summed E-state index contributed by atoms with van der Waals surface area (Å²) in [5.74, 6) is 0.622. The number of carbonyl (C=O) groups excluding carboxylic acids is 1. The van der Waals surface area contributed by atoms with Gasteiger partial charge in [0.25, 0.3) is 0 Å². The third-order valence-corrected chi connectivity index (χ3v) is 4.06. The van der Waals surface area contributed by atoms with E-state index in [1.165, 1.54) is 0 Å². The van der Waals surface area contributed by atoms with Gasteiger partial charge in [0.05, 0.1) is 5.60 Å². The van der Waals surface area contributed by atoms with Crippen LogP contribution in [0.1, 0.15) is 32.6 Å². The van der Waals surface area contributed by atoms with Crippen molar-refractivity contribution in [3.63, 3.8) is 0 Å². The molecule has 1 atom stereocenters. The molecule has 0 spiro atoms. The molecule has 2 rings (SSSR count). The van der Waals surface area contributed by atoms with Crippen LogP contribution >= 0.6 is 0 Å². The first-order valence-corrected chi connectivity index (χ1v) is 6.31. The molecule has 1 aliphatic heterocycles. The Hall–Kier alpha value is -0.610. The number of aliphatic hydroxyl groups is 1.